The Balaban J connectivity index is 1.32. The van der Waals surface area contributed by atoms with E-state index in [1.54, 1.807) is 0 Å². The van der Waals surface area contributed by atoms with Gasteiger partial charge in [-0.3, -0.25) is 0 Å². The number of piperidine rings is 2. The third-order valence-corrected chi connectivity index (χ3v) is 8.48. The van der Waals surface area contributed by atoms with Gasteiger partial charge in [0.05, 0.1) is 18.0 Å². The molecule has 1 spiro atoms. The summed E-state index contributed by atoms with van der Waals surface area (Å²) in [4.78, 5) is 19.7. The molecule has 8 nitrogen and oxygen atoms in total. The van der Waals surface area contributed by atoms with Crippen molar-refractivity contribution in [3.63, 3.8) is 0 Å². The van der Waals surface area contributed by atoms with E-state index < -0.39 is 5.60 Å². The van der Waals surface area contributed by atoms with Crippen LogP contribution in [0.4, 0.5) is 4.79 Å². The summed E-state index contributed by atoms with van der Waals surface area (Å²) in [7, 11) is 2.11. The lowest BCUT2D eigenvalue weighted by atomic mass is 9.83. The summed E-state index contributed by atoms with van der Waals surface area (Å²) < 4.78 is 14.6. The van der Waals surface area contributed by atoms with Gasteiger partial charge in [-0.25, -0.2) is 9.78 Å². The number of hydroxylamine groups is 2. The molecular weight excluding hydrogens is 444 g/mol. The number of rotatable bonds is 3. The van der Waals surface area contributed by atoms with Crippen LogP contribution in [-0.4, -0.2) is 62.6 Å². The smallest absolute Gasteiger partial charge is 0.409 e. The van der Waals surface area contributed by atoms with Gasteiger partial charge in [-0.15, -0.1) is 0 Å². The Morgan fingerprint density at radius 3 is 2.63 bits per heavy atom. The number of ether oxygens (including phenoxy) is 2. The molecule has 1 saturated carbocycles. The van der Waals surface area contributed by atoms with E-state index in [1.807, 2.05) is 23.1 Å². The predicted molar refractivity (Wildman–Crippen MR) is 130 cm³/mol. The van der Waals surface area contributed by atoms with Gasteiger partial charge in [0.15, 0.2) is 5.60 Å². The number of nitrogens with zero attached hydrogens (tertiary/aromatic N) is 4. The Labute approximate surface area is 206 Å². The van der Waals surface area contributed by atoms with E-state index >= 15 is 0 Å². The van der Waals surface area contributed by atoms with Crippen molar-refractivity contribution in [3.8, 4) is 17.0 Å². The Kier molecular flexibility index (Phi) is 5.38. The molecule has 2 saturated heterocycles. The molecule has 0 unspecified atom stereocenters. The number of carbonyl (C=O) groups is 1. The van der Waals surface area contributed by atoms with Crippen molar-refractivity contribution in [3.05, 3.63) is 35.8 Å². The van der Waals surface area contributed by atoms with Crippen LogP contribution in [0.2, 0.25) is 0 Å². The van der Waals surface area contributed by atoms with Crippen LogP contribution in [0.3, 0.4) is 0 Å². The van der Waals surface area contributed by atoms with Gasteiger partial charge in [0.25, 0.3) is 0 Å². The van der Waals surface area contributed by atoms with Gasteiger partial charge < -0.3 is 24.1 Å². The number of benzene rings is 1. The van der Waals surface area contributed by atoms with Gasteiger partial charge in [-0.1, -0.05) is 12.1 Å². The molecule has 8 heteroatoms. The maximum absolute atomic E-state index is 12.6. The zero-order chi connectivity index (χ0) is 24.4. The molecule has 35 heavy (non-hydrogen) atoms. The molecule has 3 aliphatic heterocycles. The van der Waals surface area contributed by atoms with Crippen molar-refractivity contribution in [1.82, 2.24) is 19.5 Å². The largest absolute Gasteiger partial charge is 0.480 e. The molecule has 0 bridgehead atoms. The summed E-state index contributed by atoms with van der Waals surface area (Å²) in [6.07, 6.45) is 5.24. The number of para-hydroxylation sites is 1. The molecule has 3 fully saturated rings. The number of amides is 1. The fraction of sp³-hybridized carbons (Fsp3) is 0.630. The Morgan fingerprint density at radius 1 is 1.17 bits per heavy atom. The maximum Gasteiger partial charge on any atom is 0.409 e. The van der Waals surface area contributed by atoms with Crippen LogP contribution in [0, 0.1) is 5.92 Å². The fourth-order valence-corrected chi connectivity index (χ4v) is 6.17. The molecule has 4 aliphatic rings. The van der Waals surface area contributed by atoms with Crippen molar-refractivity contribution in [2.75, 3.05) is 26.2 Å². The highest BCUT2D eigenvalue weighted by Gasteiger charge is 2.48. The van der Waals surface area contributed by atoms with E-state index in [4.69, 9.17) is 14.5 Å². The van der Waals surface area contributed by atoms with Crippen molar-refractivity contribution in [1.29, 1.82) is 0 Å². The van der Waals surface area contributed by atoms with Gasteiger partial charge in [0, 0.05) is 56.5 Å². The molecule has 188 valence electrons. The normalized spacial score (nSPS) is 25.0. The lowest BCUT2D eigenvalue weighted by Gasteiger charge is -2.44. The van der Waals surface area contributed by atoms with Crippen LogP contribution < -0.4 is 4.74 Å². The second-order valence-electron chi connectivity index (χ2n) is 11.5. The molecule has 0 radical (unpaired) electrons. The Morgan fingerprint density at radius 2 is 1.91 bits per heavy atom. The van der Waals surface area contributed by atoms with Crippen molar-refractivity contribution >= 4 is 6.09 Å². The minimum Gasteiger partial charge on any atom is -0.480 e. The van der Waals surface area contributed by atoms with Crippen LogP contribution in [0.5, 0.6) is 5.75 Å². The second kappa shape index (κ2) is 8.23. The van der Waals surface area contributed by atoms with Crippen LogP contribution in [-0.2, 0) is 17.4 Å². The van der Waals surface area contributed by atoms with Gasteiger partial charge in [0.1, 0.15) is 11.6 Å². The summed E-state index contributed by atoms with van der Waals surface area (Å²) in [6.45, 7) is 6.54. The highest BCUT2D eigenvalue weighted by atomic mass is 16.6. The summed E-state index contributed by atoms with van der Waals surface area (Å²) in [5.41, 5.74) is 2.32. The molecule has 1 aliphatic carbocycles. The van der Waals surface area contributed by atoms with Gasteiger partial charge in [0.2, 0.25) is 0 Å². The number of likely N-dealkylation sites (tertiary alicyclic amines) is 1. The second-order valence-corrected chi connectivity index (χ2v) is 11.5. The van der Waals surface area contributed by atoms with E-state index in [1.165, 1.54) is 17.9 Å². The van der Waals surface area contributed by atoms with Crippen molar-refractivity contribution < 1.29 is 19.5 Å². The molecule has 1 atom stereocenters. The number of fused-ring (bicyclic) bond motifs is 4. The summed E-state index contributed by atoms with van der Waals surface area (Å²) in [5.74, 6) is 2.74. The summed E-state index contributed by atoms with van der Waals surface area (Å²) in [6, 6.07) is 8.15. The zero-order valence-corrected chi connectivity index (χ0v) is 21.0. The van der Waals surface area contributed by atoms with E-state index in [-0.39, 0.29) is 17.6 Å². The quantitative estimate of drug-likeness (QED) is 0.688. The number of hydrogen-bond acceptors (Lipinski definition) is 6. The number of aromatic nitrogens is 2. The third-order valence-electron chi connectivity index (χ3n) is 8.48. The molecule has 1 aromatic heterocycles. The third kappa shape index (κ3) is 3.91. The van der Waals surface area contributed by atoms with E-state index in [0.717, 1.165) is 41.4 Å². The summed E-state index contributed by atoms with van der Waals surface area (Å²) in [5, 5.41) is 11.8. The van der Waals surface area contributed by atoms with Crippen LogP contribution in [0.25, 0.3) is 11.3 Å². The summed E-state index contributed by atoms with van der Waals surface area (Å²) >= 11 is 0. The molecular formula is C27H36N4O4. The lowest BCUT2D eigenvalue weighted by molar-refractivity contribution is -0.181. The molecule has 1 amide bonds. The van der Waals surface area contributed by atoms with Crippen LogP contribution in [0.1, 0.15) is 69.8 Å². The Hall–Kier alpha value is -2.58. The topological polar surface area (TPSA) is 80.1 Å². The SMILES string of the molecule is Cn1c([C@@H]2CCN(O)C(C)(C)C2)nc2c1C1(CCN(C(=O)OCC3CC3)CC1)Oc1ccccc1-2. The first kappa shape index (κ1) is 22.9. The van der Waals surface area contributed by atoms with E-state index in [2.05, 4.69) is 31.5 Å². The maximum atomic E-state index is 12.6. The monoisotopic (exact) mass is 480 g/mol. The van der Waals surface area contributed by atoms with Gasteiger partial charge in [-0.05, 0) is 57.6 Å². The first-order chi connectivity index (χ1) is 16.8. The van der Waals surface area contributed by atoms with Crippen molar-refractivity contribution in [2.45, 2.75) is 69.4 Å². The van der Waals surface area contributed by atoms with E-state index in [9.17, 15) is 10.0 Å². The minimum absolute atomic E-state index is 0.202. The molecule has 4 heterocycles. The van der Waals surface area contributed by atoms with E-state index in [0.29, 0.717) is 45.0 Å². The van der Waals surface area contributed by atoms with Crippen molar-refractivity contribution in [2.24, 2.45) is 13.0 Å². The minimum atomic E-state index is -0.524. The average Bonchev–Trinajstić information content (AvgIpc) is 3.60. The predicted octanol–water partition coefficient (Wildman–Crippen LogP) is 4.66. The first-order valence-corrected chi connectivity index (χ1v) is 13.0. The molecule has 1 N–H and O–H groups in total. The fourth-order valence-electron chi connectivity index (χ4n) is 6.17. The number of imidazole rings is 1. The average molecular weight is 481 g/mol. The Bertz CT molecular complexity index is 1130. The number of hydrogen-bond donors (Lipinski definition) is 1. The zero-order valence-electron chi connectivity index (χ0n) is 21.0. The molecule has 6 rings (SSSR count). The highest BCUT2D eigenvalue weighted by molar-refractivity contribution is 5.73. The highest BCUT2D eigenvalue weighted by Crippen LogP contribution is 2.50. The van der Waals surface area contributed by atoms with Gasteiger partial charge in [-0.2, -0.15) is 5.06 Å². The van der Waals surface area contributed by atoms with Crippen LogP contribution in [0.15, 0.2) is 24.3 Å². The van der Waals surface area contributed by atoms with Gasteiger partial charge >= 0.3 is 6.09 Å². The standard InChI is InChI=1S/C27H36N4O4/c1-26(2)16-19(10-13-31(26)33)24-28-22-20-6-4-5-7-21(20)35-27(23(22)29(24)3)11-14-30(15-12-27)25(32)34-17-18-8-9-18/h4-7,18-19,33H,8-17H2,1-3H3/t19-/m1/s1. The molecule has 2 aromatic rings. The first-order valence-electron chi connectivity index (χ1n) is 13.0. The molecule has 1 aromatic carbocycles. The number of carbonyl (C=O) groups excluding carboxylic acids is 1. The lowest BCUT2D eigenvalue weighted by Crippen LogP contribution is -2.50. The van der Waals surface area contributed by atoms with Crippen LogP contribution >= 0.6 is 0 Å².